The van der Waals surface area contributed by atoms with Crippen LogP contribution in [0.2, 0.25) is 5.82 Å². The molecule has 0 aromatic carbocycles. The summed E-state index contributed by atoms with van der Waals surface area (Å²) in [6, 6.07) is 0. The summed E-state index contributed by atoms with van der Waals surface area (Å²) in [4.78, 5) is 0. The topological polar surface area (TPSA) is 9.23 Å². The minimum Gasteiger partial charge on any atom is -0.378 e. The molecule has 1 saturated carbocycles. The maximum Gasteiger partial charge on any atom is 0.0735 e. The van der Waals surface area contributed by atoms with Crippen LogP contribution in [0.5, 0.6) is 0 Å². The summed E-state index contributed by atoms with van der Waals surface area (Å²) in [7, 11) is 5.95. The van der Waals surface area contributed by atoms with Crippen molar-refractivity contribution in [3.63, 3.8) is 0 Å². The maximum absolute atomic E-state index is 5.95. The first-order valence-electron chi connectivity index (χ1n) is 4.57. The molecular weight excluding hydrogens is 135 g/mol. The van der Waals surface area contributed by atoms with E-state index in [2.05, 4.69) is 13.8 Å². The largest absolute Gasteiger partial charge is 0.378 e. The number of fused-ring (bicyclic) bond motifs is 2. The molecule has 0 spiro atoms. The highest BCUT2D eigenvalue weighted by Gasteiger charge is 2.54. The van der Waals surface area contributed by atoms with Gasteiger partial charge in [-0.25, -0.2) is 0 Å². The molecule has 2 rings (SSSR count). The first-order valence-corrected chi connectivity index (χ1v) is 4.57. The van der Waals surface area contributed by atoms with E-state index in [0.717, 1.165) is 6.61 Å². The molecule has 0 aromatic rings. The van der Waals surface area contributed by atoms with Crippen molar-refractivity contribution >= 4 is 7.85 Å². The molecule has 1 aliphatic heterocycles. The van der Waals surface area contributed by atoms with Gasteiger partial charge in [0.15, 0.2) is 0 Å². The number of hydrogen-bond acceptors (Lipinski definition) is 1. The van der Waals surface area contributed by atoms with Crippen LogP contribution in [0.3, 0.4) is 0 Å². The first kappa shape index (κ1) is 7.66. The van der Waals surface area contributed by atoms with Crippen molar-refractivity contribution in [2.45, 2.75) is 38.6 Å². The Morgan fingerprint density at radius 2 is 2.36 bits per heavy atom. The Bertz CT molecular complexity index is 171. The second-order valence-electron chi connectivity index (χ2n) is 4.15. The molecule has 2 radical (unpaired) electrons. The van der Waals surface area contributed by atoms with Crippen LogP contribution in [-0.4, -0.2) is 20.6 Å². The predicted octanol–water partition coefficient (Wildman–Crippen LogP) is 1.78. The van der Waals surface area contributed by atoms with Crippen LogP contribution >= 0.6 is 0 Å². The SMILES string of the molecule is [B][C@@H]1C[C@@]2(CC)CO[C@H]1C2C. The van der Waals surface area contributed by atoms with E-state index in [9.17, 15) is 0 Å². The molecule has 0 N–H and O–H groups in total. The van der Waals surface area contributed by atoms with E-state index in [0.29, 0.717) is 23.3 Å². The van der Waals surface area contributed by atoms with Crippen LogP contribution in [0, 0.1) is 11.3 Å². The average molecular weight is 150 g/mol. The Morgan fingerprint density at radius 1 is 1.64 bits per heavy atom. The lowest BCUT2D eigenvalue weighted by Gasteiger charge is -2.28. The molecule has 2 aliphatic rings. The fraction of sp³-hybridized carbons (Fsp3) is 1.00. The van der Waals surface area contributed by atoms with Crippen LogP contribution in [0.1, 0.15) is 26.7 Å². The number of hydrogen-bond donors (Lipinski definition) is 0. The van der Waals surface area contributed by atoms with Gasteiger partial charge >= 0.3 is 0 Å². The van der Waals surface area contributed by atoms with E-state index in [-0.39, 0.29) is 0 Å². The van der Waals surface area contributed by atoms with Crippen molar-refractivity contribution in [1.82, 2.24) is 0 Å². The molecule has 1 saturated heterocycles. The Hall–Kier alpha value is 0.0249. The highest BCUT2D eigenvalue weighted by atomic mass is 16.5. The van der Waals surface area contributed by atoms with Gasteiger partial charge in [0.05, 0.1) is 20.6 Å². The lowest BCUT2D eigenvalue weighted by Crippen LogP contribution is -2.24. The van der Waals surface area contributed by atoms with E-state index in [1.54, 1.807) is 0 Å². The highest BCUT2D eigenvalue weighted by molar-refractivity contribution is 6.12. The maximum atomic E-state index is 5.95. The van der Waals surface area contributed by atoms with Gasteiger partial charge in [-0.05, 0) is 24.2 Å². The van der Waals surface area contributed by atoms with E-state index >= 15 is 0 Å². The average Bonchev–Trinajstić information content (AvgIpc) is 2.42. The van der Waals surface area contributed by atoms with Gasteiger partial charge in [-0.15, -0.1) is 0 Å². The fourth-order valence-electron chi connectivity index (χ4n) is 2.78. The second-order valence-corrected chi connectivity index (χ2v) is 4.15. The molecule has 0 aromatic heterocycles. The zero-order valence-electron chi connectivity index (χ0n) is 7.34. The van der Waals surface area contributed by atoms with Crippen molar-refractivity contribution in [3.05, 3.63) is 0 Å². The zero-order chi connectivity index (χ0) is 8.06. The number of ether oxygens (including phenoxy) is 1. The third-order valence-corrected chi connectivity index (χ3v) is 3.79. The standard InChI is InChI=1S/C9H15BO/c1-3-9-4-7(10)8(6(9)2)11-5-9/h6-8H,3-5H2,1-2H3/t6?,7-,8+,9+/m1/s1. The van der Waals surface area contributed by atoms with Gasteiger partial charge < -0.3 is 4.74 Å². The molecule has 1 aliphatic carbocycles. The molecule has 1 nitrogen and oxygen atoms in total. The van der Waals surface area contributed by atoms with Crippen LogP contribution < -0.4 is 0 Å². The van der Waals surface area contributed by atoms with Crippen LogP contribution in [0.15, 0.2) is 0 Å². The molecular formula is C9H15BO. The molecule has 1 heterocycles. The van der Waals surface area contributed by atoms with Crippen LogP contribution in [0.25, 0.3) is 0 Å². The summed E-state index contributed by atoms with van der Waals surface area (Å²) in [6.45, 7) is 5.48. The second kappa shape index (κ2) is 2.26. The Morgan fingerprint density at radius 3 is 2.64 bits per heavy atom. The lowest BCUT2D eigenvalue weighted by molar-refractivity contribution is 0.0502. The summed E-state index contributed by atoms with van der Waals surface area (Å²) in [6.07, 6.45) is 2.75. The normalized spacial score (nSPS) is 55.3. The fourth-order valence-corrected chi connectivity index (χ4v) is 2.78. The Labute approximate surface area is 69.9 Å². The van der Waals surface area contributed by atoms with Gasteiger partial charge in [-0.2, -0.15) is 0 Å². The van der Waals surface area contributed by atoms with Gasteiger partial charge in [0.25, 0.3) is 0 Å². The van der Waals surface area contributed by atoms with Crippen molar-refractivity contribution in [2.24, 2.45) is 11.3 Å². The molecule has 1 unspecified atom stereocenters. The number of rotatable bonds is 1. The summed E-state index contributed by atoms with van der Waals surface area (Å²) in [5.41, 5.74) is 0.435. The van der Waals surface area contributed by atoms with Crippen LogP contribution in [0.4, 0.5) is 0 Å². The Kier molecular flexibility index (Phi) is 1.57. The third kappa shape index (κ3) is 0.822. The molecule has 60 valence electrons. The summed E-state index contributed by atoms with van der Waals surface area (Å²) < 4.78 is 5.65. The van der Waals surface area contributed by atoms with Gasteiger partial charge in [0, 0.05) is 0 Å². The molecule has 0 amide bonds. The van der Waals surface area contributed by atoms with E-state index in [1.807, 2.05) is 0 Å². The van der Waals surface area contributed by atoms with E-state index in [1.165, 1.54) is 12.8 Å². The van der Waals surface area contributed by atoms with E-state index in [4.69, 9.17) is 12.6 Å². The van der Waals surface area contributed by atoms with Crippen molar-refractivity contribution in [1.29, 1.82) is 0 Å². The minimum atomic E-state index is 0.304. The smallest absolute Gasteiger partial charge is 0.0735 e. The minimum absolute atomic E-state index is 0.304. The molecule has 2 fully saturated rings. The summed E-state index contributed by atoms with van der Waals surface area (Å²) in [5, 5.41) is 0. The van der Waals surface area contributed by atoms with Crippen molar-refractivity contribution < 1.29 is 4.74 Å². The summed E-state index contributed by atoms with van der Waals surface area (Å²) in [5.74, 6) is 0.987. The first-order chi connectivity index (χ1) is 5.19. The zero-order valence-corrected chi connectivity index (χ0v) is 7.34. The van der Waals surface area contributed by atoms with Gasteiger partial charge in [0.1, 0.15) is 0 Å². The van der Waals surface area contributed by atoms with Crippen LogP contribution in [-0.2, 0) is 4.74 Å². The van der Waals surface area contributed by atoms with Gasteiger partial charge in [-0.1, -0.05) is 19.7 Å². The monoisotopic (exact) mass is 150 g/mol. The van der Waals surface area contributed by atoms with Gasteiger partial charge in [-0.3, -0.25) is 0 Å². The quantitative estimate of drug-likeness (QED) is 0.517. The Balaban J connectivity index is 2.24. The van der Waals surface area contributed by atoms with Crippen molar-refractivity contribution in [3.8, 4) is 0 Å². The molecule has 2 bridgehead atoms. The van der Waals surface area contributed by atoms with E-state index < -0.39 is 0 Å². The predicted molar refractivity (Wildman–Crippen MR) is 45.7 cm³/mol. The molecule has 4 atom stereocenters. The molecule has 2 heteroatoms. The lowest BCUT2D eigenvalue weighted by atomic mass is 9.76. The summed E-state index contributed by atoms with van der Waals surface area (Å²) >= 11 is 0. The van der Waals surface area contributed by atoms with Gasteiger partial charge in [0.2, 0.25) is 0 Å². The third-order valence-electron chi connectivity index (χ3n) is 3.79. The molecule has 11 heavy (non-hydrogen) atoms. The van der Waals surface area contributed by atoms with Crippen molar-refractivity contribution in [2.75, 3.05) is 6.61 Å². The highest BCUT2D eigenvalue weighted by Crippen LogP contribution is 2.56.